The quantitative estimate of drug-likeness (QED) is 0.405. The fourth-order valence-corrected chi connectivity index (χ4v) is 4.76. The molecule has 2 aromatic carbocycles. The van der Waals surface area contributed by atoms with E-state index in [9.17, 15) is 13.2 Å². The van der Waals surface area contributed by atoms with Gasteiger partial charge in [-0.1, -0.05) is 30.3 Å². The third-order valence-electron chi connectivity index (χ3n) is 5.17. The minimum absolute atomic E-state index is 0.122. The molecule has 4 aromatic rings. The summed E-state index contributed by atoms with van der Waals surface area (Å²) in [6, 6.07) is 17.4. The van der Waals surface area contributed by atoms with Gasteiger partial charge in [0.2, 0.25) is 0 Å². The molecule has 0 saturated carbocycles. The summed E-state index contributed by atoms with van der Waals surface area (Å²) in [4.78, 5) is 20.7. The number of pyridine rings is 1. The van der Waals surface area contributed by atoms with E-state index in [1.807, 2.05) is 19.1 Å². The maximum Gasteiger partial charge on any atom is 0.263 e. The van der Waals surface area contributed by atoms with Crippen LogP contribution in [0.4, 0.5) is 5.69 Å². The van der Waals surface area contributed by atoms with Gasteiger partial charge >= 0.3 is 0 Å². The van der Waals surface area contributed by atoms with Crippen molar-refractivity contribution < 1.29 is 13.2 Å². The summed E-state index contributed by atoms with van der Waals surface area (Å²) in [6.07, 6.45) is 8.22. The van der Waals surface area contributed by atoms with Crippen LogP contribution < -0.4 is 4.72 Å². The van der Waals surface area contributed by atoms with Crippen LogP contribution in [0.1, 0.15) is 23.2 Å². The van der Waals surface area contributed by atoms with E-state index in [-0.39, 0.29) is 10.7 Å². The molecule has 0 aliphatic rings. The van der Waals surface area contributed by atoms with Gasteiger partial charge in [0.1, 0.15) is 10.7 Å². The van der Waals surface area contributed by atoms with E-state index < -0.39 is 10.0 Å². The normalized spacial score (nSPS) is 11.3. The van der Waals surface area contributed by atoms with Crippen molar-refractivity contribution in [3.63, 3.8) is 0 Å². The Hall–Kier alpha value is -3.78. The number of nitrogens with zero attached hydrogens (tertiary/aromatic N) is 3. The number of aromatic nitrogens is 3. The number of sulfonamides is 1. The lowest BCUT2D eigenvalue weighted by Gasteiger charge is -2.13. The van der Waals surface area contributed by atoms with E-state index in [0.717, 1.165) is 16.8 Å². The van der Waals surface area contributed by atoms with Crippen molar-refractivity contribution in [1.29, 1.82) is 0 Å². The van der Waals surface area contributed by atoms with Gasteiger partial charge in [0.05, 0.1) is 17.7 Å². The van der Waals surface area contributed by atoms with Gasteiger partial charge in [-0.3, -0.25) is 14.5 Å². The zero-order valence-electron chi connectivity index (χ0n) is 18.2. The lowest BCUT2D eigenvalue weighted by atomic mass is 10.0. The molecule has 1 N–H and O–H groups in total. The van der Waals surface area contributed by atoms with E-state index in [1.54, 1.807) is 78.0 Å². The van der Waals surface area contributed by atoms with Gasteiger partial charge in [0, 0.05) is 37.1 Å². The topological polar surface area (TPSA) is 94.0 Å². The van der Waals surface area contributed by atoms with Crippen LogP contribution in [0, 0.1) is 6.92 Å². The molecule has 7 nitrogen and oxygen atoms in total. The average Bonchev–Trinajstić information content (AvgIpc) is 3.26. The number of carbonyl (C=O) groups excluding carboxylic acids is 1. The monoisotopic (exact) mass is 460 g/mol. The smallest absolute Gasteiger partial charge is 0.263 e. The fourth-order valence-electron chi connectivity index (χ4n) is 3.50. The number of imidazole rings is 1. The van der Waals surface area contributed by atoms with Crippen molar-refractivity contribution >= 4 is 21.5 Å². The Morgan fingerprint density at radius 1 is 1.00 bits per heavy atom. The summed E-state index contributed by atoms with van der Waals surface area (Å²) >= 11 is 0. The molecule has 0 spiro atoms. The van der Waals surface area contributed by atoms with Gasteiger partial charge < -0.3 is 4.57 Å². The molecular weight excluding hydrogens is 436 g/mol. The Morgan fingerprint density at radius 2 is 1.79 bits per heavy atom. The lowest BCUT2D eigenvalue weighted by molar-refractivity contribution is -0.118. The predicted octanol–water partition coefficient (Wildman–Crippen LogP) is 4.12. The van der Waals surface area contributed by atoms with Crippen LogP contribution in [-0.2, 0) is 27.7 Å². The summed E-state index contributed by atoms with van der Waals surface area (Å²) in [5, 5.41) is 0. The number of anilines is 1. The number of benzene rings is 2. The van der Waals surface area contributed by atoms with Crippen LogP contribution in [0.5, 0.6) is 0 Å². The zero-order valence-corrected chi connectivity index (χ0v) is 19.0. The predicted molar refractivity (Wildman–Crippen MR) is 127 cm³/mol. The Bertz CT molecular complexity index is 1350. The number of rotatable bonds is 9. The van der Waals surface area contributed by atoms with Crippen LogP contribution in [0.2, 0.25) is 0 Å². The second-order valence-corrected chi connectivity index (χ2v) is 9.42. The van der Waals surface area contributed by atoms with Crippen molar-refractivity contribution in [2.75, 3.05) is 4.72 Å². The van der Waals surface area contributed by atoms with E-state index in [2.05, 4.69) is 14.7 Å². The van der Waals surface area contributed by atoms with Crippen LogP contribution in [0.3, 0.4) is 0 Å². The fraction of sp³-hybridized carbons (Fsp3) is 0.160. The number of hydrogen-bond donors (Lipinski definition) is 1. The van der Waals surface area contributed by atoms with Crippen molar-refractivity contribution in [3.8, 4) is 5.69 Å². The highest BCUT2D eigenvalue weighted by Gasteiger charge is 2.19. The summed E-state index contributed by atoms with van der Waals surface area (Å²) < 4.78 is 30.5. The second kappa shape index (κ2) is 9.79. The molecule has 33 heavy (non-hydrogen) atoms. The first-order valence-corrected chi connectivity index (χ1v) is 12.0. The van der Waals surface area contributed by atoms with Gasteiger partial charge in [-0.25, -0.2) is 13.4 Å². The Balaban J connectivity index is 1.42. The molecule has 0 aliphatic heterocycles. The van der Waals surface area contributed by atoms with Crippen molar-refractivity contribution in [1.82, 2.24) is 14.5 Å². The minimum atomic E-state index is -3.83. The van der Waals surface area contributed by atoms with Gasteiger partial charge in [-0.15, -0.1) is 0 Å². The molecule has 168 valence electrons. The number of hydrogen-bond acceptors (Lipinski definition) is 5. The maximum atomic E-state index is 13.1. The molecule has 0 bridgehead atoms. The third-order valence-corrected chi connectivity index (χ3v) is 6.60. The van der Waals surface area contributed by atoms with Crippen LogP contribution in [0.25, 0.3) is 5.69 Å². The SMILES string of the molecule is Cc1cn(-c2ccccc2S(=O)(=O)Nc2ccc(CC(=O)CCc3cccnc3)cc2)cn1. The molecule has 0 fully saturated rings. The molecule has 0 atom stereocenters. The van der Waals surface area contributed by atoms with Gasteiger partial charge in [0.15, 0.2) is 0 Å². The molecule has 0 radical (unpaired) electrons. The molecule has 0 aliphatic carbocycles. The number of carbonyl (C=O) groups is 1. The van der Waals surface area contributed by atoms with Gasteiger partial charge in [-0.05, 0) is 54.8 Å². The molecule has 8 heteroatoms. The Morgan fingerprint density at radius 3 is 2.48 bits per heavy atom. The molecule has 0 unspecified atom stereocenters. The third kappa shape index (κ3) is 5.72. The zero-order chi connectivity index (χ0) is 23.3. The largest absolute Gasteiger partial charge is 0.305 e. The second-order valence-electron chi connectivity index (χ2n) is 7.77. The Labute approximate surface area is 193 Å². The van der Waals surface area contributed by atoms with E-state index >= 15 is 0 Å². The van der Waals surface area contributed by atoms with Gasteiger partial charge in [0.25, 0.3) is 10.0 Å². The number of para-hydroxylation sites is 1. The minimum Gasteiger partial charge on any atom is -0.305 e. The van der Waals surface area contributed by atoms with Crippen LogP contribution in [0.15, 0.2) is 90.5 Å². The van der Waals surface area contributed by atoms with Crippen molar-refractivity contribution in [3.05, 3.63) is 102 Å². The van der Waals surface area contributed by atoms with E-state index in [0.29, 0.717) is 30.6 Å². The van der Waals surface area contributed by atoms with E-state index in [4.69, 9.17) is 0 Å². The molecule has 2 aromatic heterocycles. The number of aryl methyl sites for hydroxylation is 2. The maximum absolute atomic E-state index is 13.1. The first-order valence-electron chi connectivity index (χ1n) is 10.5. The molecule has 4 rings (SSSR count). The molecule has 0 saturated heterocycles. The van der Waals surface area contributed by atoms with E-state index in [1.165, 1.54) is 0 Å². The van der Waals surface area contributed by atoms with Crippen LogP contribution >= 0.6 is 0 Å². The summed E-state index contributed by atoms with van der Waals surface area (Å²) in [5.74, 6) is 0.122. The molecule has 0 amide bonds. The highest BCUT2D eigenvalue weighted by Crippen LogP contribution is 2.23. The highest BCUT2D eigenvalue weighted by atomic mass is 32.2. The number of ketones is 1. The summed E-state index contributed by atoms with van der Waals surface area (Å²) in [5.41, 5.74) is 3.60. The first-order chi connectivity index (χ1) is 15.9. The summed E-state index contributed by atoms with van der Waals surface area (Å²) in [6.45, 7) is 1.84. The molecular formula is C25H24N4O3S. The average molecular weight is 461 g/mol. The first kappa shape index (κ1) is 22.4. The van der Waals surface area contributed by atoms with Crippen molar-refractivity contribution in [2.45, 2.75) is 31.1 Å². The molecule has 2 heterocycles. The number of Topliss-reactive ketones (excluding diaryl/α,β-unsaturated/α-hetero) is 1. The summed E-state index contributed by atoms with van der Waals surface area (Å²) in [7, 11) is -3.83. The van der Waals surface area contributed by atoms with Crippen molar-refractivity contribution in [2.24, 2.45) is 0 Å². The highest BCUT2D eigenvalue weighted by molar-refractivity contribution is 7.92. The lowest BCUT2D eigenvalue weighted by Crippen LogP contribution is -2.15. The Kier molecular flexibility index (Phi) is 6.65. The number of nitrogens with one attached hydrogen (secondary N) is 1. The van der Waals surface area contributed by atoms with Crippen LogP contribution in [-0.4, -0.2) is 28.7 Å². The van der Waals surface area contributed by atoms with Gasteiger partial charge in [-0.2, -0.15) is 0 Å². The standard InChI is InChI=1S/C25H24N4O3S/c1-19-17-29(18-27-19)24-6-2-3-7-25(24)33(31,32)28-22-11-8-20(9-12-22)15-23(30)13-10-21-5-4-14-26-16-21/h2-9,11-12,14,16-18,28H,10,13,15H2,1H3.